The van der Waals surface area contributed by atoms with Crippen molar-refractivity contribution in [2.45, 2.75) is 251 Å². The van der Waals surface area contributed by atoms with Crippen molar-refractivity contribution in [2.24, 2.45) is 0 Å². The highest BCUT2D eigenvalue weighted by atomic mass is 31.2. The Morgan fingerprint density at radius 2 is 0.659 bits per heavy atom. The quantitative estimate of drug-likeness (QED) is 0.0195. The van der Waals surface area contributed by atoms with Gasteiger partial charge in [-0.1, -0.05) is 262 Å². The van der Waals surface area contributed by atoms with Gasteiger partial charge in [-0.3, -0.25) is 14.2 Å². The number of phosphoric ester groups is 1. The molecule has 0 aliphatic heterocycles. The Bertz CT molecular complexity index is 1890. The number of esters is 2. The number of allylic oxidation sites excluding steroid dienone is 24. The molecule has 0 aromatic carbocycles. The summed E-state index contributed by atoms with van der Waals surface area (Å²) in [6.07, 6.45) is 90.4. The molecular formula is C72H120NO8P. The maximum atomic E-state index is 12.8. The number of ether oxygens (including phenoxy) is 2. The third-order valence-corrected chi connectivity index (χ3v) is 14.3. The summed E-state index contributed by atoms with van der Waals surface area (Å²) in [6, 6.07) is 0. The molecule has 0 N–H and O–H groups in total. The fraction of sp³-hybridized carbons (Fsp3) is 0.639. The number of phosphoric acid groups is 1. The number of hydrogen-bond donors (Lipinski definition) is 0. The van der Waals surface area contributed by atoms with Gasteiger partial charge in [-0.05, 0) is 116 Å². The van der Waals surface area contributed by atoms with Crippen LogP contribution >= 0.6 is 7.82 Å². The lowest BCUT2D eigenvalue weighted by Gasteiger charge is -2.28. The maximum absolute atomic E-state index is 12.8. The molecule has 0 fully saturated rings. The van der Waals surface area contributed by atoms with Crippen molar-refractivity contribution in [1.29, 1.82) is 0 Å². The Kier molecular flexibility index (Phi) is 58.4. The smallest absolute Gasteiger partial charge is 0.306 e. The predicted octanol–water partition coefficient (Wildman–Crippen LogP) is 20.4. The highest BCUT2D eigenvalue weighted by molar-refractivity contribution is 7.45. The number of carbonyl (C=O) groups excluding carboxylic acids is 2. The minimum Gasteiger partial charge on any atom is -0.756 e. The van der Waals surface area contributed by atoms with Gasteiger partial charge in [0.1, 0.15) is 19.8 Å². The van der Waals surface area contributed by atoms with E-state index in [0.29, 0.717) is 17.4 Å². The summed E-state index contributed by atoms with van der Waals surface area (Å²) >= 11 is 0. The van der Waals surface area contributed by atoms with E-state index in [1.165, 1.54) is 77.0 Å². The Labute approximate surface area is 503 Å². The van der Waals surface area contributed by atoms with Gasteiger partial charge in [-0.2, -0.15) is 0 Å². The SMILES string of the molecule is CC/C=C\C/C=C\C/C=C\C/C=C\C/C=C\C/C=C\CCCCCCCCCCCCC(=O)OCC(COP(=O)([O-])OCC[N+](C)(C)C)OC(=O)CCCCCCCCCCCC/C=C\C/C=C\C/C=C\C/C=C\C/C=C\C/C=C\CC. The molecule has 9 nitrogen and oxygen atoms in total. The number of carbonyl (C=O) groups is 2. The number of nitrogens with zero attached hydrogens (tertiary/aromatic N) is 1. The average molecular weight is 1160 g/mol. The minimum absolute atomic E-state index is 0.0399. The largest absolute Gasteiger partial charge is 0.756 e. The Hall–Kier alpha value is -4.11. The summed E-state index contributed by atoms with van der Waals surface area (Å²) in [5.41, 5.74) is 0. The number of unbranched alkanes of at least 4 members (excludes halogenated alkanes) is 20. The lowest BCUT2D eigenvalue weighted by atomic mass is 10.0. The van der Waals surface area contributed by atoms with E-state index in [2.05, 4.69) is 160 Å². The highest BCUT2D eigenvalue weighted by Crippen LogP contribution is 2.38. The molecule has 0 rings (SSSR count). The van der Waals surface area contributed by atoms with Crippen LogP contribution in [0.2, 0.25) is 0 Å². The van der Waals surface area contributed by atoms with Gasteiger partial charge in [0, 0.05) is 12.8 Å². The monoisotopic (exact) mass is 1160 g/mol. The number of quaternary nitrogens is 1. The molecule has 0 saturated heterocycles. The predicted molar refractivity (Wildman–Crippen MR) is 350 cm³/mol. The first kappa shape index (κ1) is 77.9. The van der Waals surface area contributed by atoms with E-state index in [1.54, 1.807) is 0 Å². The Balaban J connectivity index is 4.16. The minimum atomic E-state index is -4.65. The second-order valence-corrected chi connectivity index (χ2v) is 23.8. The van der Waals surface area contributed by atoms with Crippen molar-refractivity contribution in [3.8, 4) is 0 Å². The van der Waals surface area contributed by atoms with Crippen LogP contribution in [-0.2, 0) is 32.7 Å². The molecule has 0 aromatic heterocycles. The van der Waals surface area contributed by atoms with E-state index in [9.17, 15) is 19.0 Å². The van der Waals surface area contributed by atoms with Crippen molar-refractivity contribution < 1.29 is 42.1 Å². The molecule has 2 unspecified atom stereocenters. The molecule has 0 amide bonds. The first-order valence-electron chi connectivity index (χ1n) is 32.5. The van der Waals surface area contributed by atoms with E-state index in [4.69, 9.17) is 18.5 Å². The summed E-state index contributed by atoms with van der Waals surface area (Å²) in [4.78, 5) is 38.0. The summed E-state index contributed by atoms with van der Waals surface area (Å²) in [5.74, 6) is -0.850. The lowest BCUT2D eigenvalue weighted by Crippen LogP contribution is -2.37. The van der Waals surface area contributed by atoms with Gasteiger partial charge in [0.2, 0.25) is 0 Å². The molecule has 0 aliphatic carbocycles. The average Bonchev–Trinajstić information content (AvgIpc) is 3.44. The van der Waals surface area contributed by atoms with Crippen LogP contribution in [0.1, 0.15) is 245 Å². The van der Waals surface area contributed by atoms with E-state index in [-0.39, 0.29) is 26.1 Å². The van der Waals surface area contributed by atoms with Crippen LogP contribution in [0.4, 0.5) is 0 Å². The molecule has 0 saturated carbocycles. The van der Waals surface area contributed by atoms with Crippen LogP contribution in [0.5, 0.6) is 0 Å². The molecule has 10 heteroatoms. The third kappa shape index (κ3) is 65.0. The molecular weight excluding hydrogens is 1040 g/mol. The molecule has 0 spiro atoms. The number of likely N-dealkylation sites (N-methyl/N-ethyl adjacent to an activating group) is 1. The van der Waals surface area contributed by atoms with Crippen LogP contribution in [0.3, 0.4) is 0 Å². The zero-order valence-electron chi connectivity index (χ0n) is 52.9. The number of hydrogen-bond acceptors (Lipinski definition) is 8. The molecule has 0 heterocycles. The number of rotatable bonds is 58. The van der Waals surface area contributed by atoms with Crippen LogP contribution in [0, 0.1) is 0 Å². The van der Waals surface area contributed by atoms with Gasteiger partial charge < -0.3 is 27.9 Å². The van der Waals surface area contributed by atoms with Crippen molar-refractivity contribution in [3.63, 3.8) is 0 Å². The standard InChI is InChI=1S/C72H120NO8P/c1-6-8-10-12-14-16-18-20-22-24-26-28-30-32-34-36-38-40-42-44-46-48-50-52-54-56-58-60-62-64-71(74)78-68-70(69-80-82(76,77)79-67-66-73(3,4)5)81-72(75)65-63-61-59-57-55-53-51-49-47-45-43-41-39-37-35-33-31-29-27-25-23-21-19-17-15-13-11-9-7-2/h8-11,14-17,20-23,26-29,32-35,38-41,70H,6-7,12-13,18-19,24-25,30-31,36-37,42-69H2,1-5H3/b10-8-,11-9-,16-14-,17-15-,22-20-,23-21-,28-26-,29-27-,34-32-,35-33-,40-38-,41-39-. The molecule has 0 radical (unpaired) electrons. The molecule has 2 atom stereocenters. The molecule has 82 heavy (non-hydrogen) atoms. The molecule has 0 aromatic rings. The summed E-state index contributed by atoms with van der Waals surface area (Å²) in [7, 11) is 1.14. The first-order chi connectivity index (χ1) is 40.0. The zero-order valence-corrected chi connectivity index (χ0v) is 53.8. The van der Waals surface area contributed by atoms with Crippen LogP contribution in [-0.4, -0.2) is 70.0 Å². The molecule has 0 bridgehead atoms. The summed E-state index contributed by atoms with van der Waals surface area (Å²) < 4.78 is 34.3. The molecule has 0 aliphatic rings. The van der Waals surface area contributed by atoms with Crippen molar-refractivity contribution in [3.05, 3.63) is 146 Å². The maximum Gasteiger partial charge on any atom is 0.306 e. The zero-order chi connectivity index (χ0) is 59.8. The first-order valence-corrected chi connectivity index (χ1v) is 34.0. The fourth-order valence-electron chi connectivity index (χ4n) is 8.43. The van der Waals surface area contributed by atoms with Crippen molar-refractivity contribution in [2.75, 3.05) is 47.5 Å². The Morgan fingerprint density at radius 3 is 0.976 bits per heavy atom. The van der Waals surface area contributed by atoms with Gasteiger partial charge in [-0.25, -0.2) is 0 Å². The normalized spacial score (nSPS) is 14.2. The van der Waals surface area contributed by atoms with E-state index in [0.717, 1.165) is 135 Å². The van der Waals surface area contributed by atoms with Gasteiger partial charge in [0.25, 0.3) is 7.82 Å². The fourth-order valence-corrected chi connectivity index (χ4v) is 9.16. The molecule has 466 valence electrons. The van der Waals surface area contributed by atoms with Gasteiger partial charge >= 0.3 is 11.9 Å². The van der Waals surface area contributed by atoms with Crippen LogP contribution in [0.25, 0.3) is 0 Å². The van der Waals surface area contributed by atoms with E-state index >= 15 is 0 Å². The topological polar surface area (TPSA) is 111 Å². The summed E-state index contributed by atoms with van der Waals surface area (Å²) in [5, 5.41) is 0. The summed E-state index contributed by atoms with van der Waals surface area (Å²) in [6.45, 7) is 4.00. The second kappa shape index (κ2) is 61.5. The Morgan fingerprint density at radius 1 is 0.378 bits per heavy atom. The van der Waals surface area contributed by atoms with Crippen LogP contribution < -0.4 is 4.89 Å². The second-order valence-electron chi connectivity index (χ2n) is 22.4. The highest BCUT2D eigenvalue weighted by Gasteiger charge is 2.22. The van der Waals surface area contributed by atoms with E-state index < -0.39 is 32.5 Å². The van der Waals surface area contributed by atoms with Crippen LogP contribution in [0.15, 0.2) is 146 Å². The van der Waals surface area contributed by atoms with Gasteiger partial charge in [0.15, 0.2) is 6.10 Å². The van der Waals surface area contributed by atoms with Gasteiger partial charge in [-0.15, -0.1) is 0 Å². The van der Waals surface area contributed by atoms with Gasteiger partial charge in [0.05, 0.1) is 27.7 Å². The van der Waals surface area contributed by atoms with E-state index in [1.807, 2.05) is 21.1 Å². The third-order valence-electron chi connectivity index (χ3n) is 13.4. The lowest BCUT2D eigenvalue weighted by molar-refractivity contribution is -0.870. The van der Waals surface area contributed by atoms with Crippen molar-refractivity contribution in [1.82, 2.24) is 0 Å². The van der Waals surface area contributed by atoms with Crippen molar-refractivity contribution >= 4 is 19.8 Å².